The first-order chi connectivity index (χ1) is 6.28. The standard InChI is InChI=1S/C12H23FN/c1-9(2)14-7-6-12(14,10(13)8-14)11(3,4)5/h9-10H,6-8H2,1-5H3/q+1/t10?,12?,14-/m0/s1. The van der Waals surface area contributed by atoms with Gasteiger partial charge in [0.05, 0.1) is 19.0 Å². The molecule has 14 heavy (non-hydrogen) atoms. The molecule has 0 aromatic carbocycles. The molecule has 82 valence electrons. The van der Waals surface area contributed by atoms with Gasteiger partial charge < -0.3 is 4.48 Å². The van der Waals surface area contributed by atoms with E-state index in [9.17, 15) is 4.39 Å². The van der Waals surface area contributed by atoms with Gasteiger partial charge in [0, 0.05) is 5.41 Å². The Labute approximate surface area is 86.9 Å². The molecule has 0 aromatic rings. The van der Waals surface area contributed by atoms with E-state index in [4.69, 9.17) is 0 Å². The lowest BCUT2D eigenvalue weighted by Gasteiger charge is -2.76. The number of quaternary nitrogens is 1. The van der Waals surface area contributed by atoms with Crippen molar-refractivity contribution in [1.29, 1.82) is 0 Å². The van der Waals surface area contributed by atoms with E-state index in [2.05, 4.69) is 34.6 Å². The van der Waals surface area contributed by atoms with Gasteiger partial charge in [-0.3, -0.25) is 0 Å². The van der Waals surface area contributed by atoms with E-state index < -0.39 is 6.17 Å². The Kier molecular flexibility index (Phi) is 1.87. The molecule has 2 rings (SSSR count). The number of hydrogen-bond donors (Lipinski definition) is 0. The second kappa shape index (κ2) is 2.52. The van der Waals surface area contributed by atoms with Crippen molar-refractivity contribution in [2.45, 2.75) is 58.8 Å². The molecule has 0 aromatic heterocycles. The number of nitrogens with zero attached hydrogens (tertiary/aromatic N) is 1. The van der Waals surface area contributed by atoms with Crippen LogP contribution in [0.3, 0.4) is 0 Å². The summed E-state index contributed by atoms with van der Waals surface area (Å²) in [4.78, 5) is 0. The predicted molar refractivity (Wildman–Crippen MR) is 56.8 cm³/mol. The Morgan fingerprint density at radius 3 is 2.07 bits per heavy atom. The molecule has 0 radical (unpaired) electrons. The number of piperidine rings is 1. The number of halogens is 1. The summed E-state index contributed by atoms with van der Waals surface area (Å²) in [5.41, 5.74) is 0.0500. The van der Waals surface area contributed by atoms with Gasteiger partial charge in [-0.05, 0) is 13.8 Å². The van der Waals surface area contributed by atoms with Crippen LogP contribution in [0.25, 0.3) is 0 Å². The van der Waals surface area contributed by atoms with Crippen LogP contribution in [-0.4, -0.2) is 35.3 Å². The molecule has 2 unspecified atom stereocenters. The van der Waals surface area contributed by atoms with Crippen LogP contribution in [0.2, 0.25) is 0 Å². The maximum Gasteiger partial charge on any atom is 0.203 e. The van der Waals surface area contributed by atoms with Crippen molar-refractivity contribution >= 4 is 0 Å². The highest BCUT2D eigenvalue weighted by atomic mass is 19.1. The minimum Gasteiger partial charge on any atom is -0.311 e. The first-order valence-corrected chi connectivity index (χ1v) is 5.79. The number of fused-ring (bicyclic) bond motifs is 1. The Morgan fingerprint density at radius 1 is 1.36 bits per heavy atom. The highest BCUT2D eigenvalue weighted by Gasteiger charge is 2.79. The zero-order valence-electron chi connectivity index (χ0n) is 10.1. The van der Waals surface area contributed by atoms with Crippen molar-refractivity contribution in [1.82, 2.24) is 0 Å². The third kappa shape index (κ3) is 0.804. The van der Waals surface area contributed by atoms with Gasteiger partial charge in [-0.2, -0.15) is 0 Å². The SMILES string of the molecule is CC(C)[N@@+]12CCC1(C(C)(C)C)C(F)C2. The topological polar surface area (TPSA) is 0 Å². The van der Waals surface area contributed by atoms with Gasteiger partial charge in [0.25, 0.3) is 0 Å². The molecule has 0 amide bonds. The lowest BCUT2D eigenvalue weighted by molar-refractivity contribution is -1.09. The van der Waals surface area contributed by atoms with Crippen LogP contribution in [0, 0.1) is 5.41 Å². The van der Waals surface area contributed by atoms with Crippen LogP contribution in [0.5, 0.6) is 0 Å². The summed E-state index contributed by atoms with van der Waals surface area (Å²) in [5, 5.41) is 0. The average Bonchev–Trinajstić information content (AvgIpc) is 1.95. The van der Waals surface area contributed by atoms with Crippen molar-refractivity contribution in [3.8, 4) is 0 Å². The van der Waals surface area contributed by atoms with Gasteiger partial charge in [0.15, 0.2) is 0 Å². The Hall–Kier alpha value is -0.110. The van der Waals surface area contributed by atoms with Gasteiger partial charge in [-0.15, -0.1) is 0 Å². The van der Waals surface area contributed by atoms with Crippen molar-refractivity contribution in [2.24, 2.45) is 5.41 Å². The number of alkyl halides is 1. The summed E-state index contributed by atoms with van der Waals surface area (Å²) in [7, 11) is 0. The molecular formula is C12H23FN+. The molecule has 2 saturated heterocycles. The molecule has 0 aliphatic carbocycles. The lowest BCUT2D eigenvalue weighted by atomic mass is 9.54. The van der Waals surface area contributed by atoms with Gasteiger partial charge in [-0.25, -0.2) is 4.39 Å². The normalized spacial score (nSPS) is 46.9. The van der Waals surface area contributed by atoms with Crippen LogP contribution < -0.4 is 0 Å². The van der Waals surface area contributed by atoms with E-state index >= 15 is 0 Å². The minimum absolute atomic E-state index is 0.0544. The zero-order valence-corrected chi connectivity index (χ0v) is 10.1. The molecule has 0 bridgehead atoms. The number of rotatable bonds is 1. The van der Waals surface area contributed by atoms with E-state index in [0.717, 1.165) is 17.4 Å². The van der Waals surface area contributed by atoms with Gasteiger partial charge in [-0.1, -0.05) is 20.8 Å². The van der Waals surface area contributed by atoms with Crippen LogP contribution >= 0.6 is 0 Å². The van der Waals surface area contributed by atoms with Crippen LogP contribution in [0.15, 0.2) is 0 Å². The second-order valence-corrected chi connectivity index (χ2v) is 6.43. The Balaban J connectivity index is 2.34. The monoisotopic (exact) mass is 200 g/mol. The summed E-state index contributed by atoms with van der Waals surface area (Å²) in [6.45, 7) is 13.0. The van der Waals surface area contributed by atoms with E-state index in [1.165, 1.54) is 6.54 Å². The second-order valence-electron chi connectivity index (χ2n) is 6.43. The smallest absolute Gasteiger partial charge is 0.203 e. The van der Waals surface area contributed by atoms with Crippen molar-refractivity contribution < 1.29 is 8.87 Å². The predicted octanol–water partition coefficient (Wildman–Crippen LogP) is 2.75. The molecule has 2 fully saturated rings. The molecule has 2 aliphatic rings. The minimum atomic E-state index is -0.571. The molecule has 0 spiro atoms. The molecule has 1 nitrogen and oxygen atoms in total. The summed E-state index contributed by atoms with van der Waals surface area (Å²) in [5.74, 6) is 0. The Morgan fingerprint density at radius 2 is 1.93 bits per heavy atom. The van der Waals surface area contributed by atoms with Crippen molar-refractivity contribution in [3.63, 3.8) is 0 Å². The Bertz CT molecular complexity index is 256. The highest BCUT2D eigenvalue weighted by molar-refractivity contribution is 5.11. The fourth-order valence-electron chi connectivity index (χ4n) is 4.10. The molecule has 2 aliphatic heterocycles. The maximum atomic E-state index is 14.0. The van der Waals surface area contributed by atoms with E-state index in [1.54, 1.807) is 0 Å². The van der Waals surface area contributed by atoms with E-state index in [0.29, 0.717) is 6.04 Å². The van der Waals surface area contributed by atoms with Gasteiger partial charge >= 0.3 is 0 Å². The van der Waals surface area contributed by atoms with Crippen molar-refractivity contribution in [3.05, 3.63) is 0 Å². The quantitative estimate of drug-likeness (QED) is 0.571. The van der Waals surface area contributed by atoms with Crippen LogP contribution in [0.1, 0.15) is 41.0 Å². The van der Waals surface area contributed by atoms with E-state index in [1.807, 2.05) is 0 Å². The summed E-state index contributed by atoms with van der Waals surface area (Å²) in [6.07, 6.45) is 0.509. The summed E-state index contributed by atoms with van der Waals surface area (Å²) >= 11 is 0. The highest BCUT2D eigenvalue weighted by Crippen LogP contribution is 2.62. The largest absolute Gasteiger partial charge is 0.311 e. The fourth-order valence-corrected chi connectivity index (χ4v) is 4.10. The van der Waals surface area contributed by atoms with Gasteiger partial charge in [0.2, 0.25) is 6.17 Å². The molecule has 2 heteroatoms. The lowest BCUT2D eigenvalue weighted by Crippen LogP contribution is -2.93. The third-order valence-corrected chi connectivity index (χ3v) is 4.98. The molecule has 2 heterocycles. The van der Waals surface area contributed by atoms with Gasteiger partial charge in [0.1, 0.15) is 12.1 Å². The first-order valence-electron chi connectivity index (χ1n) is 5.79. The molecular weight excluding hydrogens is 177 g/mol. The molecule has 3 atom stereocenters. The summed E-state index contributed by atoms with van der Waals surface area (Å²) in [6, 6.07) is 0.579. The van der Waals surface area contributed by atoms with Crippen LogP contribution in [0.4, 0.5) is 4.39 Å². The average molecular weight is 200 g/mol. The van der Waals surface area contributed by atoms with Crippen molar-refractivity contribution in [2.75, 3.05) is 13.1 Å². The fraction of sp³-hybridized carbons (Fsp3) is 1.00. The maximum absolute atomic E-state index is 14.0. The summed E-state index contributed by atoms with van der Waals surface area (Å²) < 4.78 is 15.0. The first kappa shape index (κ1) is 10.4. The third-order valence-electron chi connectivity index (χ3n) is 4.98. The molecule has 0 saturated carbocycles. The molecule has 0 N–H and O–H groups in total. The van der Waals surface area contributed by atoms with Crippen LogP contribution in [-0.2, 0) is 0 Å². The number of hydrogen-bond acceptors (Lipinski definition) is 0. The van der Waals surface area contributed by atoms with E-state index in [-0.39, 0.29) is 11.0 Å². The zero-order chi connectivity index (χ0) is 10.8.